The summed E-state index contributed by atoms with van der Waals surface area (Å²) in [7, 11) is 0. The maximum absolute atomic E-state index is 10.8. The second kappa shape index (κ2) is 10.8. The molecule has 0 saturated heterocycles. The lowest BCUT2D eigenvalue weighted by Crippen LogP contribution is -2.18. The lowest BCUT2D eigenvalue weighted by Gasteiger charge is -2.15. The average molecular weight is 437 g/mol. The summed E-state index contributed by atoms with van der Waals surface area (Å²) in [4.78, 5) is 27.3. The summed E-state index contributed by atoms with van der Waals surface area (Å²) in [5.41, 5.74) is -0.285. The minimum Gasteiger partial charge on any atom is -0.362 e. The zero-order valence-corrected chi connectivity index (χ0v) is 16.6. The van der Waals surface area contributed by atoms with Gasteiger partial charge in [0.05, 0.1) is 9.85 Å². The molecule has 2 rings (SSSR count). The molecule has 0 radical (unpaired) electrons. The van der Waals surface area contributed by atoms with Gasteiger partial charge in [-0.3, -0.25) is 20.2 Å². The normalized spacial score (nSPS) is 10.1. The number of nitro groups is 2. The van der Waals surface area contributed by atoms with E-state index < -0.39 is 9.85 Å². The zero-order valence-electron chi connectivity index (χ0n) is 14.4. The zero-order chi connectivity index (χ0) is 20.6. The van der Waals surface area contributed by atoms with Gasteiger partial charge in [0.1, 0.15) is 10.3 Å². The molecule has 1 N–H and O–H groups in total. The minimum absolute atomic E-state index is 0.0451. The van der Waals surface area contributed by atoms with E-state index in [4.69, 9.17) is 34.8 Å². The molecule has 0 aliphatic heterocycles. The van der Waals surface area contributed by atoms with Gasteiger partial charge in [0.15, 0.2) is 0 Å². The summed E-state index contributed by atoms with van der Waals surface area (Å²) >= 11 is 16.5. The third-order valence-electron chi connectivity index (χ3n) is 3.35. The molecule has 12 heteroatoms. The Morgan fingerprint density at radius 2 is 1.41 bits per heavy atom. The number of nitrogens with zero attached hydrogens (tertiary/aromatic N) is 4. The van der Waals surface area contributed by atoms with Crippen LogP contribution in [0.3, 0.4) is 0 Å². The second-order valence-electron chi connectivity index (χ2n) is 5.12. The average Bonchev–Trinajstić information content (AvgIpc) is 2.59. The van der Waals surface area contributed by atoms with Gasteiger partial charge in [-0.25, -0.2) is 9.97 Å². The van der Waals surface area contributed by atoms with E-state index in [9.17, 15) is 20.2 Å². The number of rotatable bonds is 6. The van der Waals surface area contributed by atoms with Crippen LogP contribution < -0.4 is 5.32 Å². The summed E-state index contributed by atoms with van der Waals surface area (Å²) in [5.74, 6) is 0.242. The van der Waals surface area contributed by atoms with Gasteiger partial charge in [-0.1, -0.05) is 48.7 Å². The third kappa shape index (κ3) is 7.12. The number of hydrogen-bond acceptors (Lipinski definition) is 7. The summed E-state index contributed by atoms with van der Waals surface area (Å²) < 4.78 is 0. The van der Waals surface area contributed by atoms with E-state index >= 15 is 0 Å². The lowest BCUT2D eigenvalue weighted by atomic mass is 10.2. The van der Waals surface area contributed by atoms with Crippen LogP contribution in [0.2, 0.25) is 15.5 Å². The van der Waals surface area contributed by atoms with Crippen LogP contribution in [-0.4, -0.2) is 25.9 Å². The Balaban J connectivity index is 0.000000289. The van der Waals surface area contributed by atoms with Gasteiger partial charge in [-0.05, 0) is 25.0 Å². The molecule has 0 aromatic carbocycles. The van der Waals surface area contributed by atoms with Gasteiger partial charge < -0.3 is 5.32 Å². The van der Waals surface area contributed by atoms with E-state index in [0.717, 1.165) is 12.8 Å². The fraction of sp³-hybridized carbons (Fsp3) is 0.333. The molecular formula is C15H16Cl3N5O4. The number of pyridine rings is 2. The van der Waals surface area contributed by atoms with Crippen LogP contribution in [0.4, 0.5) is 17.2 Å². The predicted octanol–water partition coefficient (Wildman–Crippen LogP) is 5.54. The van der Waals surface area contributed by atoms with Crippen LogP contribution >= 0.6 is 34.8 Å². The van der Waals surface area contributed by atoms with E-state index in [1.807, 2.05) is 13.8 Å². The van der Waals surface area contributed by atoms with Gasteiger partial charge in [-0.2, -0.15) is 0 Å². The molecule has 2 heterocycles. The first kappa shape index (κ1) is 22.8. The quantitative estimate of drug-likeness (QED) is 0.358. The molecule has 0 aliphatic rings. The number of anilines is 1. The molecule has 0 fully saturated rings. The molecule has 146 valence electrons. The number of hydrogen-bond donors (Lipinski definition) is 1. The monoisotopic (exact) mass is 435 g/mol. The molecule has 9 nitrogen and oxygen atoms in total. The maximum Gasteiger partial charge on any atom is 0.311 e. The first-order valence-corrected chi connectivity index (χ1v) is 8.86. The van der Waals surface area contributed by atoms with E-state index in [1.54, 1.807) is 0 Å². The number of nitrogens with one attached hydrogen (secondary N) is 1. The highest BCUT2D eigenvalue weighted by Crippen LogP contribution is 2.25. The van der Waals surface area contributed by atoms with Crippen molar-refractivity contribution in [2.24, 2.45) is 0 Å². The van der Waals surface area contributed by atoms with Crippen LogP contribution in [-0.2, 0) is 0 Å². The Bertz CT molecular complexity index is 818. The van der Waals surface area contributed by atoms with Gasteiger partial charge in [0.25, 0.3) is 0 Å². The molecule has 0 atom stereocenters. The van der Waals surface area contributed by atoms with Crippen molar-refractivity contribution < 1.29 is 9.85 Å². The molecule has 0 aliphatic carbocycles. The van der Waals surface area contributed by atoms with Crippen molar-refractivity contribution in [2.45, 2.75) is 32.7 Å². The van der Waals surface area contributed by atoms with E-state index in [2.05, 4.69) is 15.3 Å². The lowest BCUT2D eigenvalue weighted by molar-refractivity contribution is -0.385. The molecule has 0 saturated carbocycles. The van der Waals surface area contributed by atoms with Crippen LogP contribution in [0, 0.1) is 20.2 Å². The Morgan fingerprint density at radius 3 is 1.85 bits per heavy atom. The summed E-state index contributed by atoms with van der Waals surface area (Å²) in [6.07, 6.45) is 1.75. The third-order valence-corrected chi connectivity index (χ3v) is 4.05. The van der Waals surface area contributed by atoms with E-state index in [0.29, 0.717) is 0 Å². The van der Waals surface area contributed by atoms with Crippen LogP contribution in [0.15, 0.2) is 24.3 Å². The SMILES string of the molecule is CCC(CC)Nc1nc(Cl)ccc1[N+](=O)[O-].O=[N+]([O-])c1ccc(Cl)nc1Cl. The van der Waals surface area contributed by atoms with Crippen molar-refractivity contribution in [1.29, 1.82) is 0 Å². The largest absolute Gasteiger partial charge is 0.362 e. The van der Waals surface area contributed by atoms with Gasteiger partial charge in [-0.15, -0.1) is 0 Å². The Hall–Kier alpha value is -2.23. The van der Waals surface area contributed by atoms with Crippen molar-refractivity contribution in [2.75, 3.05) is 5.32 Å². The van der Waals surface area contributed by atoms with Crippen molar-refractivity contribution in [1.82, 2.24) is 9.97 Å². The van der Waals surface area contributed by atoms with E-state index in [1.165, 1.54) is 24.3 Å². The molecule has 2 aromatic heterocycles. The number of aromatic nitrogens is 2. The smallest absolute Gasteiger partial charge is 0.311 e. The highest BCUT2D eigenvalue weighted by atomic mass is 35.5. The molecule has 0 unspecified atom stereocenters. The Kier molecular flexibility index (Phi) is 9.13. The minimum atomic E-state index is -0.619. The fourth-order valence-corrected chi connectivity index (χ4v) is 2.47. The highest BCUT2D eigenvalue weighted by Gasteiger charge is 2.17. The van der Waals surface area contributed by atoms with Gasteiger partial charge in [0, 0.05) is 18.2 Å². The van der Waals surface area contributed by atoms with Crippen molar-refractivity contribution in [3.05, 3.63) is 60.0 Å². The predicted molar refractivity (Wildman–Crippen MR) is 105 cm³/mol. The highest BCUT2D eigenvalue weighted by molar-refractivity contribution is 6.33. The van der Waals surface area contributed by atoms with E-state index in [-0.39, 0.29) is 38.7 Å². The van der Waals surface area contributed by atoms with Crippen molar-refractivity contribution >= 4 is 52.0 Å². The van der Waals surface area contributed by atoms with Crippen molar-refractivity contribution in [3.8, 4) is 0 Å². The first-order valence-electron chi connectivity index (χ1n) is 7.73. The molecule has 27 heavy (non-hydrogen) atoms. The standard InChI is InChI=1S/C10H14ClN3O2.C5H2Cl2N2O2/c1-3-7(4-2)12-10-8(14(15)16)5-6-9(11)13-10;6-4-2-1-3(9(10)11)5(7)8-4/h5-7H,3-4H2,1-2H3,(H,12,13);1-2H. The fourth-order valence-electron chi connectivity index (χ4n) is 1.91. The van der Waals surface area contributed by atoms with Gasteiger partial charge in [0.2, 0.25) is 11.0 Å². The summed E-state index contributed by atoms with van der Waals surface area (Å²) in [5, 5.41) is 24.2. The molecule has 0 spiro atoms. The van der Waals surface area contributed by atoms with Crippen LogP contribution in [0.5, 0.6) is 0 Å². The summed E-state index contributed by atoms with van der Waals surface area (Å²) in [6, 6.07) is 5.46. The van der Waals surface area contributed by atoms with Gasteiger partial charge >= 0.3 is 11.4 Å². The van der Waals surface area contributed by atoms with Crippen LogP contribution in [0.1, 0.15) is 26.7 Å². The molecule has 0 amide bonds. The summed E-state index contributed by atoms with van der Waals surface area (Å²) in [6.45, 7) is 4.02. The molecule has 2 aromatic rings. The van der Waals surface area contributed by atoms with Crippen LogP contribution in [0.25, 0.3) is 0 Å². The Labute approximate surface area is 170 Å². The Morgan fingerprint density at radius 1 is 0.926 bits per heavy atom. The number of halogens is 3. The molecular weight excluding hydrogens is 421 g/mol. The first-order chi connectivity index (χ1) is 12.7. The maximum atomic E-state index is 10.8. The second-order valence-corrected chi connectivity index (χ2v) is 6.25. The topological polar surface area (TPSA) is 124 Å². The van der Waals surface area contributed by atoms with Crippen molar-refractivity contribution in [3.63, 3.8) is 0 Å². The molecule has 0 bridgehead atoms.